The Balaban J connectivity index is 1.45. The molecule has 0 radical (unpaired) electrons. The molecule has 0 spiro atoms. The lowest BCUT2D eigenvalue weighted by Crippen LogP contribution is -2.54. The zero-order valence-corrected chi connectivity index (χ0v) is 17.5. The molecule has 5 fully saturated rings. The van der Waals surface area contributed by atoms with Crippen molar-refractivity contribution in [1.29, 1.82) is 0 Å². The number of carbonyl (C=O) groups excluding carboxylic acids is 1. The highest BCUT2D eigenvalue weighted by Gasteiger charge is 2.61. The molecular weight excluding hydrogens is 372 g/mol. The van der Waals surface area contributed by atoms with Crippen LogP contribution in [0, 0.1) is 35.0 Å². The van der Waals surface area contributed by atoms with E-state index >= 15 is 0 Å². The molecule has 1 saturated heterocycles. The van der Waals surface area contributed by atoms with Crippen LogP contribution in [0.1, 0.15) is 54.4 Å². The van der Waals surface area contributed by atoms with Crippen molar-refractivity contribution >= 4 is 29.5 Å². The first-order chi connectivity index (χ1) is 13.1. The van der Waals surface area contributed by atoms with Crippen LogP contribution in [-0.4, -0.2) is 28.7 Å². The maximum atomic E-state index is 11.6. The summed E-state index contributed by atoms with van der Waals surface area (Å²) in [5.74, 6) is 12.3. The van der Waals surface area contributed by atoms with Crippen molar-refractivity contribution in [1.82, 2.24) is 0 Å². The van der Waals surface area contributed by atoms with Gasteiger partial charge in [-0.2, -0.15) is 0 Å². The molecule has 0 unspecified atom stereocenters. The minimum Gasteiger partial charge on any atom is -0.465 e. The minimum absolute atomic E-state index is 0.0734. The lowest BCUT2D eigenvalue weighted by Gasteiger charge is -2.61. The van der Waals surface area contributed by atoms with Crippen molar-refractivity contribution in [3.05, 3.63) is 35.4 Å². The molecule has 0 N–H and O–H groups in total. The fourth-order valence-corrected chi connectivity index (χ4v) is 9.83. The summed E-state index contributed by atoms with van der Waals surface area (Å²) in [4.78, 5) is 11.6. The van der Waals surface area contributed by atoms with Gasteiger partial charge >= 0.3 is 5.97 Å². The van der Waals surface area contributed by atoms with Gasteiger partial charge < -0.3 is 4.74 Å². The Labute approximate surface area is 170 Å². The van der Waals surface area contributed by atoms with Gasteiger partial charge in [-0.05, 0) is 80.5 Å². The van der Waals surface area contributed by atoms with Crippen molar-refractivity contribution in [2.24, 2.45) is 23.2 Å². The van der Waals surface area contributed by atoms with Crippen molar-refractivity contribution in [3.63, 3.8) is 0 Å². The third kappa shape index (κ3) is 3.02. The van der Waals surface area contributed by atoms with Gasteiger partial charge in [0.15, 0.2) is 0 Å². The number of esters is 1. The molecule has 27 heavy (non-hydrogen) atoms. The van der Waals surface area contributed by atoms with E-state index in [0.29, 0.717) is 11.0 Å². The van der Waals surface area contributed by atoms with Crippen molar-refractivity contribution in [3.8, 4) is 11.8 Å². The quantitative estimate of drug-likeness (QED) is 0.504. The molecule has 4 bridgehead atoms. The number of methoxy groups -OCH3 is 1. The average molecular weight is 399 g/mol. The van der Waals surface area contributed by atoms with Crippen LogP contribution >= 0.6 is 23.5 Å². The van der Waals surface area contributed by atoms with Gasteiger partial charge in [-0.3, -0.25) is 0 Å². The highest BCUT2D eigenvalue weighted by Crippen LogP contribution is 2.70. The number of hydrogen-bond donors (Lipinski definition) is 0. The standard InChI is InChI=1S/C23H26O2S2/c1-25-21(24)20-4-2-16(3-5-20)6-7-23(26-8-9-27-23)22-13-17-10-18(14-22)12-19(11-17)15-22/h2-5,17-19H,8-15H2,1H3. The van der Waals surface area contributed by atoms with Crippen LogP contribution < -0.4 is 0 Å². The first-order valence-corrected chi connectivity index (χ1v) is 12.1. The first kappa shape index (κ1) is 18.0. The number of rotatable bonds is 2. The van der Waals surface area contributed by atoms with Gasteiger partial charge in [0.25, 0.3) is 0 Å². The molecule has 0 amide bonds. The average Bonchev–Trinajstić information content (AvgIpc) is 3.16. The van der Waals surface area contributed by atoms with Crippen molar-refractivity contribution < 1.29 is 9.53 Å². The van der Waals surface area contributed by atoms with Gasteiger partial charge in [-0.25, -0.2) is 4.79 Å². The van der Waals surface area contributed by atoms with Crippen LogP contribution in [0.2, 0.25) is 0 Å². The molecule has 4 heteroatoms. The normalized spacial score (nSPS) is 35.5. The second-order valence-corrected chi connectivity index (χ2v) is 11.7. The lowest BCUT2D eigenvalue weighted by atomic mass is 9.48. The van der Waals surface area contributed by atoms with Crippen LogP contribution in [0.25, 0.3) is 0 Å². The highest BCUT2D eigenvalue weighted by molar-refractivity contribution is 8.21. The van der Waals surface area contributed by atoms with E-state index in [9.17, 15) is 4.79 Å². The summed E-state index contributed by atoms with van der Waals surface area (Å²) in [6.45, 7) is 0. The number of carbonyl (C=O) groups is 1. The van der Waals surface area contributed by atoms with E-state index in [1.54, 1.807) is 0 Å². The van der Waals surface area contributed by atoms with Crippen LogP contribution in [0.3, 0.4) is 0 Å². The Morgan fingerprint density at radius 1 is 1.00 bits per heavy atom. The summed E-state index contributed by atoms with van der Waals surface area (Å²) in [6.07, 6.45) is 8.63. The van der Waals surface area contributed by atoms with E-state index in [2.05, 4.69) is 35.4 Å². The molecule has 5 aliphatic rings. The van der Waals surface area contributed by atoms with Gasteiger partial charge in [-0.15, -0.1) is 23.5 Å². The zero-order valence-electron chi connectivity index (χ0n) is 15.8. The van der Waals surface area contributed by atoms with Gasteiger partial charge in [-0.1, -0.05) is 11.8 Å². The Morgan fingerprint density at radius 3 is 2.07 bits per heavy atom. The van der Waals surface area contributed by atoms with Crippen LogP contribution in [-0.2, 0) is 4.74 Å². The SMILES string of the molecule is COC(=O)c1ccc(C#CC2(C34CC5CC(CC(C5)C3)C4)SCCS2)cc1. The predicted octanol–water partition coefficient (Wildman–Crippen LogP) is 5.22. The van der Waals surface area contributed by atoms with E-state index < -0.39 is 0 Å². The van der Waals surface area contributed by atoms with Crippen molar-refractivity contribution in [2.45, 2.75) is 42.6 Å². The number of hydrogen-bond acceptors (Lipinski definition) is 4. The minimum atomic E-state index is -0.290. The van der Waals surface area contributed by atoms with Gasteiger partial charge in [0.2, 0.25) is 0 Å². The molecule has 6 rings (SSSR count). The topological polar surface area (TPSA) is 26.3 Å². The van der Waals surface area contributed by atoms with Crippen LogP contribution in [0.4, 0.5) is 0 Å². The Bertz CT molecular complexity index is 761. The molecule has 142 valence electrons. The van der Waals surface area contributed by atoms with E-state index in [4.69, 9.17) is 4.74 Å². The third-order valence-corrected chi connectivity index (χ3v) is 10.8. The van der Waals surface area contributed by atoms with E-state index in [0.717, 1.165) is 23.3 Å². The maximum Gasteiger partial charge on any atom is 0.337 e. The molecule has 2 nitrogen and oxygen atoms in total. The second-order valence-electron chi connectivity index (χ2n) is 8.83. The highest BCUT2D eigenvalue weighted by atomic mass is 32.2. The smallest absolute Gasteiger partial charge is 0.337 e. The first-order valence-electron chi connectivity index (χ1n) is 10.1. The number of thioether (sulfide) groups is 2. The fraction of sp³-hybridized carbons (Fsp3) is 0.609. The molecule has 1 heterocycles. The van der Waals surface area contributed by atoms with Gasteiger partial charge in [0, 0.05) is 22.5 Å². The predicted molar refractivity (Wildman–Crippen MR) is 113 cm³/mol. The van der Waals surface area contributed by atoms with Crippen molar-refractivity contribution in [2.75, 3.05) is 18.6 Å². The van der Waals surface area contributed by atoms with Crippen LogP contribution in [0.5, 0.6) is 0 Å². The summed E-state index contributed by atoms with van der Waals surface area (Å²) < 4.78 is 4.86. The second kappa shape index (κ2) is 6.78. The summed E-state index contributed by atoms with van der Waals surface area (Å²) in [7, 11) is 1.42. The Morgan fingerprint density at radius 2 is 1.56 bits per heavy atom. The summed E-state index contributed by atoms with van der Waals surface area (Å²) in [5, 5.41) is 0. The largest absolute Gasteiger partial charge is 0.465 e. The number of ether oxygens (including phenoxy) is 1. The molecule has 1 aliphatic heterocycles. The molecule has 1 aromatic carbocycles. The molecule has 0 aromatic heterocycles. The molecule has 0 atom stereocenters. The van der Waals surface area contributed by atoms with Crippen LogP contribution in [0.15, 0.2) is 24.3 Å². The number of benzene rings is 1. The fourth-order valence-electron chi connectivity index (χ4n) is 6.40. The maximum absolute atomic E-state index is 11.6. The summed E-state index contributed by atoms with van der Waals surface area (Å²) >= 11 is 4.25. The third-order valence-electron chi connectivity index (χ3n) is 7.11. The monoisotopic (exact) mass is 398 g/mol. The molecule has 4 aliphatic carbocycles. The molecule has 4 saturated carbocycles. The Hall–Kier alpha value is -1.05. The van der Waals surface area contributed by atoms with E-state index in [1.807, 2.05) is 24.3 Å². The molecule has 1 aromatic rings. The van der Waals surface area contributed by atoms with E-state index in [-0.39, 0.29) is 10.0 Å². The summed E-state index contributed by atoms with van der Waals surface area (Å²) in [6, 6.07) is 7.55. The molecular formula is C23H26O2S2. The zero-order chi connectivity index (χ0) is 18.5. The lowest BCUT2D eigenvalue weighted by molar-refractivity contribution is -0.0510. The van der Waals surface area contributed by atoms with Gasteiger partial charge in [0.05, 0.1) is 12.7 Å². The van der Waals surface area contributed by atoms with Gasteiger partial charge in [0.1, 0.15) is 4.08 Å². The van der Waals surface area contributed by atoms with E-state index in [1.165, 1.54) is 57.1 Å². The summed E-state index contributed by atoms with van der Waals surface area (Å²) in [5.41, 5.74) is 2.01. The Kier molecular flexibility index (Phi) is 4.52.